The number of likely N-dealkylation sites (tertiary alicyclic amines) is 1. The molecule has 0 aromatic heterocycles. The quantitative estimate of drug-likeness (QED) is 0.619. The molecule has 0 spiro atoms. The molecule has 18 heavy (non-hydrogen) atoms. The van der Waals surface area contributed by atoms with E-state index in [1.807, 2.05) is 0 Å². The van der Waals surface area contributed by atoms with Gasteiger partial charge in [0, 0.05) is 11.8 Å². The van der Waals surface area contributed by atoms with E-state index in [9.17, 15) is 0 Å². The molecule has 1 saturated heterocycles. The van der Waals surface area contributed by atoms with Crippen molar-refractivity contribution in [3.63, 3.8) is 0 Å². The fourth-order valence-corrected chi connectivity index (χ4v) is 4.02. The van der Waals surface area contributed by atoms with Crippen molar-refractivity contribution < 1.29 is 4.48 Å². The summed E-state index contributed by atoms with van der Waals surface area (Å²) in [6.45, 7) is 12.4. The van der Waals surface area contributed by atoms with E-state index < -0.39 is 0 Å². The SMILES string of the molecule is C.CCC(C)CC(C)CC1CC(C)C[N+](C)(C)C1. The Hall–Kier alpha value is -0.0400. The monoisotopic (exact) mass is 256 g/mol. The molecule has 0 aromatic rings. The van der Waals surface area contributed by atoms with Crippen LogP contribution >= 0.6 is 0 Å². The van der Waals surface area contributed by atoms with Crippen molar-refractivity contribution in [2.45, 2.75) is 60.8 Å². The third-order valence-electron chi connectivity index (χ3n) is 4.53. The Morgan fingerprint density at radius 1 is 1.11 bits per heavy atom. The molecular weight excluding hydrogens is 218 g/mol. The zero-order valence-electron chi connectivity index (χ0n) is 13.0. The fourth-order valence-electron chi connectivity index (χ4n) is 4.02. The number of hydrogen-bond acceptors (Lipinski definition) is 0. The standard InChI is InChI=1S/C16H34N.CH4/c1-7-13(2)8-14(3)9-16-10-15(4)11-17(5,6)12-16;/h13-16H,7-12H2,1-6H3;1H4/q+1;. The van der Waals surface area contributed by atoms with E-state index in [1.165, 1.54) is 43.3 Å². The molecule has 1 nitrogen and oxygen atoms in total. The molecule has 0 amide bonds. The van der Waals surface area contributed by atoms with Crippen molar-refractivity contribution in [2.75, 3.05) is 27.2 Å². The van der Waals surface area contributed by atoms with E-state index in [0.29, 0.717) is 0 Å². The average Bonchev–Trinajstić information content (AvgIpc) is 2.13. The van der Waals surface area contributed by atoms with Gasteiger partial charge in [0.25, 0.3) is 0 Å². The summed E-state index contributed by atoms with van der Waals surface area (Å²) in [7, 11) is 4.81. The Balaban J connectivity index is 0.00000289. The first-order chi connectivity index (χ1) is 7.82. The van der Waals surface area contributed by atoms with Crippen LogP contribution in [-0.2, 0) is 0 Å². The Bertz CT molecular complexity index is 222. The van der Waals surface area contributed by atoms with Crippen molar-refractivity contribution in [3.8, 4) is 0 Å². The number of quaternary nitrogens is 1. The van der Waals surface area contributed by atoms with Crippen molar-refractivity contribution in [3.05, 3.63) is 0 Å². The molecule has 0 aromatic carbocycles. The van der Waals surface area contributed by atoms with Crippen LogP contribution in [0.2, 0.25) is 0 Å². The van der Waals surface area contributed by atoms with Crippen LogP contribution in [-0.4, -0.2) is 31.7 Å². The van der Waals surface area contributed by atoms with E-state index in [0.717, 1.165) is 23.7 Å². The van der Waals surface area contributed by atoms with Gasteiger partial charge in [0.05, 0.1) is 27.2 Å². The Kier molecular flexibility index (Phi) is 7.51. The summed E-state index contributed by atoms with van der Waals surface area (Å²) in [5.74, 6) is 3.71. The minimum atomic E-state index is 0. The van der Waals surface area contributed by atoms with Crippen LogP contribution in [0.3, 0.4) is 0 Å². The summed E-state index contributed by atoms with van der Waals surface area (Å²) in [5.41, 5.74) is 0. The van der Waals surface area contributed by atoms with Crippen molar-refractivity contribution >= 4 is 0 Å². The van der Waals surface area contributed by atoms with E-state index >= 15 is 0 Å². The summed E-state index contributed by atoms with van der Waals surface area (Å²) in [6, 6.07) is 0. The predicted molar refractivity (Wildman–Crippen MR) is 83.7 cm³/mol. The highest BCUT2D eigenvalue weighted by Gasteiger charge is 2.32. The maximum atomic E-state index is 2.46. The summed E-state index contributed by atoms with van der Waals surface area (Å²) >= 11 is 0. The second kappa shape index (κ2) is 7.53. The highest BCUT2D eigenvalue weighted by atomic mass is 15.3. The molecule has 4 atom stereocenters. The third kappa shape index (κ3) is 6.22. The van der Waals surface area contributed by atoms with Crippen LogP contribution in [0.5, 0.6) is 0 Å². The first kappa shape index (κ1) is 18.0. The normalized spacial score (nSPS) is 30.3. The summed E-state index contributed by atoms with van der Waals surface area (Å²) in [4.78, 5) is 0. The van der Waals surface area contributed by atoms with Crippen LogP contribution in [0.1, 0.15) is 60.8 Å². The lowest BCUT2D eigenvalue weighted by Crippen LogP contribution is -2.50. The van der Waals surface area contributed by atoms with E-state index in [2.05, 4.69) is 41.8 Å². The number of rotatable bonds is 5. The highest BCUT2D eigenvalue weighted by Crippen LogP contribution is 2.31. The second-order valence-electron chi connectivity index (χ2n) is 7.60. The van der Waals surface area contributed by atoms with E-state index in [-0.39, 0.29) is 7.43 Å². The molecule has 1 rings (SSSR count). The van der Waals surface area contributed by atoms with Gasteiger partial charge in [-0.05, 0) is 31.1 Å². The molecule has 0 saturated carbocycles. The van der Waals surface area contributed by atoms with E-state index in [4.69, 9.17) is 0 Å². The van der Waals surface area contributed by atoms with Gasteiger partial charge in [0.2, 0.25) is 0 Å². The zero-order chi connectivity index (χ0) is 13.1. The number of hydrogen-bond donors (Lipinski definition) is 0. The van der Waals surface area contributed by atoms with E-state index in [1.54, 1.807) is 0 Å². The summed E-state index contributed by atoms with van der Waals surface area (Å²) in [6.07, 6.45) is 5.69. The first-order valence-electron chi connectivity index (χ1n) is 7.64. The van der Waals surface area contributed by atoms with Gasteiger partial charge in [-0.2, -0.15) is 0 Å². The van der Waals surface area contributed by atoms with Crippen molar-refractivity contribution in [1.29, 1.82) is 0 Å². The largest absolute Gasteiger partial charge is 0.328 e. The van der Waals surface area contributed by atoms with Gasteiger partial charge in [0.1, 0.15) is 0 Å². The molecule has 1 aliphatic heterocycles. The molecule has 0 bridgehead atoms. The highest BCUT2D eigenvalue weighted by molar-refractivity contribution is 4.72. The molecule has 110 valence electrons. The maximum Gasteiger partial charge on any atom is 0.0811 e. The van der Waals surface area contributed by atoms with Gasteiger partial charge in [-0.15, -0.1) is 0 Å². The molecule has 1 heterocycles. The lowest BCUT2D eigenvalue weighted by Gasteiger charge is -2.42. The smallest absolute Gasteiger partial charge is 0.0811 e. The van der Waals surface area contributed by atoms with Crippen molar-refractivity contribution in [2.24, 2.45) is 23.7 Å². The van der Waals surface area contributed by atoms with Gasteiger partial charge in [-0.25, -0.2) is 0 Å². The van der Waals surface area contributed by atoms with Gasteiger partial charge in [-0.1, -0.05) is 41.5 Å². The lowest BCUT2D eigenvalue weighted by molar-refractivity contribution is -0.902. The van der Waals surface area contributed by atoms with Crippen LogP contribution in [0.15, 0.2) is 0 Å². The van der Waals surface area contributed by atoms with Crippen LogP contribution in [0, 0.1) is 23.7 Å². The maximum absolute atomic E-state index is 2.46. The van der Waals surface area contributed by atoms with Crippen LogP contribution in [0.25, 0.3) is 0 Å². The third-order valence-corrected chi connectivity index (χ3v) is 4.53. The van der Waals surface area contributed by atoms with Gasteiger partial charge in [-0.3, -0.25) is 0 Å². The molecule has 1 fully saturated rings. The predicted octanol–water partition coefficient (Wildman–Crippen LogP) is 4.82. The molecule has 0 aliphatic carbocycles. The number of nitrogens with zero attached hydrogens (tertiary/aromatic N) is 1. The Morgan fingerprint density at radius 2 is 1.72 bits per heavy atom. The van der Waals surface area contributed by atoms with Crippen LogP contribution in [0.4, 0.5) is 0 Å². The zero-order valence-corrected chi connectivity index (χ0v) is 13.0. The molecule has 4 unspecified atom stereocenters. The van der Waals surface area contributed by atoms with Gasteiger partial charge < -0.3 is 4.48 Å². The lowest BCUT2D eigenvalue weighted by atomic mass is 9.81. The fraction of sp³-hybridized carbons (Fsp3) is 1.00. The average molecular weight is 256 g/mol. The summed E-state index contributed by atoms with van der Waals surface area (Å²) in [5, 5.41) is 0. The molecule has 0 N–H and O–H groups in total. The summed E-state index contributed by atoms with van der Waals surface area (Å²) < 4.78 is 1.24. The topological polar surface area (TPSA) is 0 Å². The van der Waals surface area contributed by atoms with Gasteiger partial charge >= 0.3 is 0 Å². The van der Waals surface area contributed by atoms with Gasteiger partial charge in [0.15, 0.2) is 0 Å². The second-order valence-corrected chi connectivity index (χ2v) is 7.60. The minimum Gasteiger partial charge on any atom is -0.328 e. The van der Waals surface area contributed by atoms with Crippen LogP contribution < -0.4 is 0 Å². The minimum absolute atomic E-state index is 0. The molecular formula is C17H38N+. The Labute approximate surface area is 117 Å². The van der Waals surface area contributed by atoms with Crippen molar-refractivity contribution in [1.82, 2.24) is 0 Å². The molecule has 1 aliphatic rings. The Morgan fingerprint density at radius 3 is 2.22 bits per heavy atom. The first-order valence-corrected chi connectivity index (χ1v) is 7.64. The molecule has 1 heteroatoms. The number of piperidine rings is 1. The molecule has 0 radical (unpaired) electrons.